The molecule has 0 saturated heterocycles. The average Bonchev–Trinajstić information content (AvgIpc) is 3.10. The Morgan fingerprint density at radius 2 is 1.96 bits per heavy atom. The first-order chi connectivity index (χ1) is 13.2. The standard InChI is InChI=1S/C21H16FN5/c1-23-17-9-18-16(12-26-21(18)27-13-17)8-14-6-7-20(24-10-14)25-11-15-4-2-3-5-19(15)22/h2-7,9-10,12-13H,8,11H2,(H,24,25)(H,26,27). The second-order valence-corrected chi connectivity index (χ2v) is 6.19. The topological polar surface area (TPSA) is 58.0 Å². The SMILES string of the molecule is [C-]#[N+]c1cnc2[nH]cc(Cc3ccc(NCc4ccccc4F)nc3)c2c1. The monoisotopic (exact) mass is 357 g/mol. The number of aromatic nitrogens is 3. The molecule has 0 aliphatic rings. The summed E-state index contributed by atoms with van der Waals surface area (Å²) in [5.74, 6) is 0.464. The Labute approximate surface area is 155 Å². The maximum absolute atomic E-state index is 13.7. The lowest BCUT2D eigenvalue weighted by Gasteiger charge is -2.07. The van der Waals surface area contributed by atoms with E-state index < -0.39 is 0 Å². The van der Waals surface area contributed by atoms with Crippen LogP contribution in [0, 0.1) is 12.4 Å². The number of aromatic amines is 1. The molecule has 0 spiro atoms. The molecule has 1 aromatic carbocycles. The summed E-state index contributed by atoms with van der Waals surface area (Å²) < 4.78 is 13.7. The average molecular weight is 357 g/mol. The predicted octanol–water partition coefficient (Wildman–Crippen LogP) is 4.85. The highest BCUT2D eigenvalue weighted by Gasteiger charge is 2.07. The molecule has 0 radical (unpaired) electrons. The molecule has 0 atom stereocenters. The second-order valence-electron chi connectivity index (χ2n) is 6.19. The van der Waals surface area contributed by atoms with Gasteiger partial charge in [0.25, 0.3) is 0 Å². The van der Waals surface area contributed by atoms with Gasteiger partial charge in [0.1, 0.15) is 17.3 Å². The zero-order valence-electron chi connectivity index (χ0n) is 14.4. The number of fused-ring (bicyclic) bond motifs is 1. The molecule has 132 valence electrons. The van der Waals surface area contributed by atoms with Crippen molar-refractivity contribution in [1.29, 1.82) is 0 Å². The van der Waals surface area contributed by atoms with Crippen LogP contribution in [-0.2, 0) is 13.0 Å². The fraction of sp³-hybridized carbons (Fsp3) is 0.0952. The highest BCUT2D eigenvalue weighted by Crippen LogP contribution is 2.24. The van der Waals surface area contributed by atoms with E-state index in [1.807, 2.05) is 30.5 Å². The summed E-state index contributed by atoms with van der Waals surface area (Å²) in [5.41, 5.74) is 4.01. The molecule has 4 rings (SSSR count). The van der Waals surface area contributed by atoms with E-state index in [2.05, 4.69) is 25.1 Å². The highest BCUT2D eigenvalue weighted by atomic mass is 19.1. The van der Waals surface area contributed by atoms with E-state index in [4.69, 9.17) is 6.57 Å². The summed E-state index contributed by atoms with van der Waals surface area (Å²) in [4.78, 5) is 15.2. The van der Waals surface area contributed by atoms with Crippen LogP contribution in [0.25, 0.3) is 15.9 Å². The third-order valence-corrected chi connectivity index (χ3v) is 4.37. The first-order valence-electron chi connectivity index (χ1n) is 8.48. The van der Waals surface area contributed by atoms with E-state index in [1.54, 1.807) is 24.5 Å². The second kappa shape index (κ2) is 7.26. The van der Waals surface area contributed by atoms with Gasteiger partial charge < -0.3 is 10.3 Å². The maximum Gasteiger partial charge on any atom is 0.205 e. The van der Waals surface area contributed by atoms with Crippen LogP contribution in [0.1, 0.15) is 16.7 Å². The largest absolute Gasteiger partial charge is 0.366 e. The zero-order chi connectivity index (χ0) is 18.6. The molecule has 0 aliphatic carbocycles. The van der Waals surface area contributed by atoms with E-state index in [0.717, 1.165) is 22.2 Å². The molecule has 0 saturated carbocycles. The van der Waals surface area contributed by atoms with Crippen LogP contribution in [0.5, 0.6) is 0 Å². The molecule has 3 aromatic heterocycles. The molecular formula is C21H16FN5. The summed E-state index contributed by atoms with van der Waals surface area (Å²) in [6.07, 6.45) is 5.96. The van der Waals surface area contributed by atoms with E-state index in [0.29, 0.717) is 30.0 Å². The van der Waals surface area contributed by atoms with Crippen molar-refractivity contribution >= 4 is 22.5 Å². The van der Waals surface area contributed by atoms with Crippen molar-refractivity contribution < 1.29 is 4.39 Å². The molecule has 5 nitrogen and oxygen atoms in total. The van der Waals surface area contributed by atoms with Crippen molar-refractivity contribution in [1.82, 2.24) is 15.0 Å². The van der Waals surface area contributed by atoms with Crippen LogP contribution in [0.2, 0.25) is 0 Å². The molecule has 0 amide bonds. The lowest BCUT2D eigenvalue weighted by molar-refractivity contribution is 0.613. The third-order valence-electron chi connectivity index (χ3n) is 4.37. The minimum Gasteiger partial charge on any atom is -0.366 e. The fourth-order valence-corrected chi connectivity index (χ4v) is 2.94. The van der Waals surface area contributed by atoms with E-state index in [9.17, 15) is 4.39 Å². The minimum absolute atomic E-state index is 0.228. The fourth-order valence-electron chi connectivity index (χ4n) is 2.94. The van der Waals surface area contributed by atoms with Crippen LogP contribution >= 0.6 is 0 Å². The van der Waals surface area contributed by atoms with Gasteiger partial charge in [-0.15, -0.1) is 0 Å². The lowest BCUT2D eigenvalue weighted by Crippen LogP contribution is -2.03. The van der Waals surface area contributed by atoms with E-state index in [1.165, 1.54) is 6.07 Å². The van der Waals surface area contributed by atoms with Gasteiger partial charge in [-0.1, -0.05) is 24.3 Å². The van der Waals surface area contributed by atoms with E-state index in [-0.39, 0.29) is 5.82 Å². The Morgan fingerprint density at radius 3 is 2.74 bits per heavy atom. The van der Waals surface area contributed by atoms with Crippen molar-refractivity contribution in [3.8, 4) is 0 Å². The molecule has 6 heteroatoms. The number of pyridine rings is 2. The summed E-state index contributed by atoms with van der Waals surface area (Å²) in [5, 5.41) is 4.08. The Bertz CT molecular complexity index is 1130. The van der Waals surface area contributed by atoms with Crippen LogP contribution in [0.4, 0.5) is 15.9 Å². The Hall–Kier alpha value is -3.72. The Morgan fingerprint density at radius 1 is 1.07 bits per heavy atom. The van der Waals surface area contributed by atoms with Gasteiger partial charge in [-0.3, -0.25) is 4.98 Å². The Kier molecular flexibility index (Phi) is 4.50. The number of anilines is 1. The molecule has 0 unspecified atom stereocenters. The predicted molar refractivity (Wildman–Crippen MR) is 103 cm³/mol. The molecule has 0 fully saturated rings. The number of benzene rings is 1. The molecular weight excluding hydrogens is 341 g/mol. The van der Waals surface area contributed by atoms with Crippen molar-refractivity contribution in [2.75, 3.05) is 5.32 Å². The molecule has 3 heterocycles. The molecule has 0 aliphatic heterocycles. The van der Waals surface area contributed by atoms with E-state index >= 15 is 0 Å². The summed E-state index contributed by atoms with van der Waals surface area (Å²) in [7, 11) is 0. The van der Waals surface area contributed by atoms with Gasteiger partial charge in [-0.25, -0.2) is 14.2 Å². The van der Waals surface area contributed by atoms with Crippen molar-refractivity contribution in [2.24, 2.45) is 0 Å². The van der Waals surface area contributed by atoms with Gasteiger partial charge >= 0.3 is 0 Å². The molecule has 0 bridgehead atoms. The van der Waals surface area contributed by atoms with Gasteiger partial charge in [0.05, 0.1) is 6.57 Å². The van der Waals surface area contributed by atoms with Crippen LogP contribution < -0.4 is 5.32 Å². The molecule has 4 aromatic rings. The van der Waals surface area contributed by atoms with Crippen molar-refractivity contribution in [3.05, 3.63) is 95.0 Å². The quantitative estimate of drug-likeness (QED) is 0.502. The number of hydrogen-bond acceptors (Lipinski definition) is 3. The Balaban J connectivity index is 1.47. The first kappa shape index (κ1) is 16.7. The van der Waals surface area contributed by atoms with Crippen molar-refractivity contribution in [2.45, 2.75) is 13.0 Å². The summed E-state index contributed by atoms with van der Waals surface area (Å²) in [6, 6.07) is 12.4. The van der Waals surface area contributed by atoms with Crippen LogP contribution in [0.3, 0.4) is 0 Å². The van der Waals surface area contributed by atoms with Gasteiger partial charge in [0.2, 0.25) is 5.69 Å². The van der Waals surface area contributed by atoms with Gasteiger partial charge in [0.15, 0.2) is 0 Å². The van der Waals surface area contributed by atoms with Crippen molar-refractivity contribution in [3.63, 3.8) is 0 Å². The highest BCUT2D eigenvalue weighted by molar-refractivity contribution is 5.83. The lowest BCUT2D eigenvalue weighted by atomic mass is 10.1. The molecule has 2 N–H and O–H groups in total. The number of halogens is 1. The maximum atomic E-state index is 13.7. The summed E-state index contributed by atoms with van der Waals surface area (Å²) in [6.45, 7) is 7.52. The third kappa shape index (κ3) is 3.62. The van der Waals surface area contributed by atoms with Gasteiger partial charge in [-0.05, 0) is 29.3 Å². The zero-order valence-corrected chi connectivity index (χ0v) is 14.4. The van der Waals surface area contributed by atoms with Crippen LogP contribution in [-0.4, -0.2) is 15.0 Å². The first-order valence-corrected chi connectivity index (χ1v) is 8.48. The summed E-state index contributed by atoms with van der Waals surface area (Å²) >= 11 is 0. The number of nitrogens with one attached hydrogen (secondary N) is 2. The smallest absolute Gasteiger partial charge is 0.205 e. The normalized spacial score (nSPS) is 10.7. The number of rotatable bonds is 5. The molecule has 27 heavy (non-hydrogen) atoms. The van der Waals surface area contributed by atoms with Gasteiger partial charge in [0, 0.05) is 42.5 Å². The van der Waals surface area contributed by atoms with Crippen LogP contribution in [0.15, 0.2) is 61.1 Å². The number of nitrogens with zero attached hydrogens (tertiary/aromatic N) is 3. The number of hydrogen-bond donors (Lipinski definition) is 2. The minimum atomic E-state index is -0.228. The van der Waals surface area contributed by atoms with Gasteiger partial charge in [-0.2, -0.15) is 0 Å². The number of H-pyrrole nitrogens is 1.